The van der Waals surface area contributed by atoms with Gasteiger partial charge in [-0.15, -0.1) is 0 Å². The Morgan fingerprint density at radius 1 is 1.08 bits per heavy atom. The molecule has 0 fully saturated rings. The van der Waals surface area contributed by atoms with Gasteiger partial charge < -0.3 is 9.72 Å². The summed E-state index contributed by atoms with van der Waals surface area (Å²) in [6.45, 7) is 6.01. The number of carbonyl (C=O) groups excluding carboxylic acids is 3. The topological polar surface area (TPSA) is 76.2 Å². The molecule has 25 heavy (non-hydrogen) atoms. The number of benzene rings is 1. The molecule has 0 unspecified atom stereocenters. The second-order valence-corrected chi connectivity index (χ2v) is 5.75. The Hall–Kier alpha value is -2.83. The number of halogens is 2. The number of hydrogen-bond acceptors (Lipinski definition) is 4. The van der Waals surface area contributed by atoms with Crippen molar-refractivity contribution in [2.45, 2.75) is 33.8 Å². The third-order valence-corrected chi connectivity index (χ3v) is 3.79. The normalized spacial score (nSPS) is 11.9. The van der Waals surface area contributed by atoms with Crippen molar-refractivity contribution in [2.24, 2.45) is 0 Å². The number of rotatable bonds is 5. The maximum atomic E-state index is 13.2. The SMILES string of the molecule is CC(=O)c1c(C)[nH]c(C(=O)[C@@H](C)OC(=O)c2cc(F)cc(F)c2)c1C. The summed E-state index contributed by atoms with van der Waals surface area (Å²) in [5.74, 6) is -3.60. The van der Waals surface area contributed by atoms with E-state index in [-0.39, 0.29) is 17.0 Å². The summed E-state index contributed by atoms with van der Waals surface area (Å²) >= 11 is 0. The molecule has 7 heteroatoms. The number of ether oxygens (including phenoxy) is 1. The number of esters is 1. The van der Waals surface area contributed by atoms with Crippen LogP contribution in [0.3, 0.4) is 0 Å². The summed E-state index contributed by atoms with van der Waals surface area (Å²) in [7, 11) is 0. The van der Waals surface area contributed by atoms with Crippen LogP contribution in [0, 0.1) is 25.5 Å². The van der Waals surface area contributed by atoms with Gasteiger partial charge in [0.05, 0.1) is 11.3 Å². The molecule has 0 saturated carbocycles. The Bertz CT molecular complexity index is 850. The molecule has 1 N–H and O–H groups in total. The third-order valence-electron chi connectivity index (χ3n) is 3.79. The van der Waals surface area contributed by atoms with Crippen molar-refractivity contribution in [3.05, 3.63) is 57.9 Å². The fourth-order valence-corrected chi connectivity index (χ4v) is 2.68. The fraction of sp³-hybridized carbons (Fsp3) is 0.278. The lowest BCUT2D eigenvalue weighted by molar-refractivity contribution is 0.0316. The van der Waals surface area contributed by atoms with Gasteiger partial charge in [-0.1, -0.05) is 0 Å². The monoisotopic (exact) mass is 349 g/mol. The van der Waals surface area contributed by atoms with Gasteiger partial charge in [-0.2, -0.15) is 0 Å². The van der Waals surface area contributed by atoms with E-state index < -0.39 is 29.5 Å². The van der Waals surface area contributed by atoms with Crippen LogP contribution in [0.5, 0.6) is 0 Å². The van der Waals surface area contributed by atoms with Crippen LogP contribution in [0.2, 0.25) is 0 Å². The van der Waals surface area contributed by atoms with Crippen molar-refractivity contribution in [2.75, 3.05) is 0 Å². The molecule has 0 aliphatic carbocycles. The van der Waals surface area contributed by atoms with Crippen molar-refractivity contribution in [1.82, 2.24) is 4.98 Å². The van der Waals surface area contributed by atoms with Gasteiger partial charge in [0.2, 0.25) is 5.78 Å². The van der Waals surface area contributed by atoms with E-state index in [0.717, 1.165) is 12.1 Å². The van der Waals surface area contributed by atoms with Crippen LogP contribution in [0.1, 0.15) is 56.3 Å². The molecule has 1 atom stereocenters. The number of aromatic amines is 1. The number of aryl methyl sites for hydroxylation is 1. The number of aromatic nitrogens is 1. The van der Waals surface area contributed by atoms with Gasteiger partial charge in [-0.25, -0.2) is 13.6 Å². The maximum Gasteiger partial charge on any atom is 0.339 e. The molecule has 0 amide bonds. The summed E-state index contributed by atoms with van der Waals surface area (Å²) in [6, 6.07) is 2.26. The van der Waals surface area contributed by atoms with Crippen LogP contribution in [-0.4, -0.2) is 28.6 Å². The molecule has 0 aliphatic heterocycles. The summed E-state index contributed by atoms with van der Waals surface area (Å²) in [4.78, 5) is 38.9. The van der Waals surface area contributed by atoms with Gasteiger partial charge in [0.1, 0.15) is 11.6 Å². The van der Waals surface area contributed by atoms with E-state index in [1.54, 1.807) is 13.8 Å². The van der Waals surface area contributed by atoms with E-state index in [1.165, 1.54) is 13.8 Å². The lowest BCUT2D eigenvalue weighted by Crippen LogP contribution is -2.25. The minimum atomic E-state index is -1.20. The van der Waals surface area contributed by atoms with Gasteiger partial charge in [0, 0.05) is 17.3 Å². The highest BCUT2D eigenvalue weighted by Crippen LogP contribution is 2.21. The summed E-state index contributed by atoms with van der Waals surface area (Å²) < 4.78 is 31.3. The Labute approximate surface area is 143 Å². The first kappa shape index (κ1) is 18.5. The minimum Gasteiger partial charge on any atom is -0.451 e. The van der Waals surface area contributed by atoms with Crippen molar-refractivity contribution in [3.8, 4) is 0 Å². The standard InChI is InChI=1S/C18H17F2NO4/c1-8-15(10(3)22)9(2)21-16(8)17(23)11(4)25-18(24)12-5-13(19)7-14(20)6-12/h5-7,11,21H,1-4H3/t11-/m1/s1. The molecule has 1 heterocycles. The van der Waals surface area contributed by atoms with Gasteiger partial charge in [-0.05, 0) is 45.4 Å². The van der Waals surface area contributed by atoms with Gasteiger partial charge >= 0.3 is 5.97 Å². The van der Waals surface area contributed by atoms with Gasteiger partial charge in [0.25, 0.3) is 0 Å². The van der Waals surface area contributed by atoms with Crippen molar-refractivity contribution >= 4 is 17.5 Å². The number of Topliss-reactive ketones (excluding diaryl/α,β-unsaturated/α-hetero) is 2. The molecule has 0 aliphatic rings. The average molecular weight is 349 g/mol. The van der Waals surface area contributed by atoms with E-state index in [1.807, 2.05) is 0 Å². The molecule has 132 valence electrons. The average Bonchev–Trinajstić information content (AvgIpc) is 2.80. The summed E-state index contributed by atoms with van der Waals surface area (Å²) in [5, 5.41) is 0. The fourth-order valence-electron chi connectivity index (χ4n) is 2.68. The molecule has 0 radical (unpaired) electrons. The Kier molecular flexibility index (Phi) is 5.15. The van der Waals surface area contributed by atoms with Gasteiger partial charge in [0.15, 0.2) is 11.9 Å². The molecule has 1 aromatic carbocycles. The largest absolute Gasteiger partial charge is 0.451 e. The van der Waals surface area contributed by atoms with Crippen LogP contribution in [0.25, 0.3) is 0 Å². The molecule has 2 rings (SSSR count). The first-order valence-corrected chi connectivity index (χ1v) is 7.53. The second kappa shape index (κ2) is 6.96. The highest BCUT2D eigenvalue weighted by Gasteiger charge is 2.26. The van der Waals surface area contributed by atoms with E-state index in [9.17, 15) is 23.2 Å². The summed E-state index contributed by atoms with van der Waals surface area (Å²) in [5.41, 5.74) is 1.25. The Balaban J connectivity index is 2.22. The van der Waals surface area contributed by atoms with Gasteiger partial charge in [-0.3, -0.25) is 9.59 Å². The first-order chi connectivity index (χ1) is 11.6. The number of carbonyl (C=O) groups is 3. The quantitative estimate of drug-likeness (QED) is 0.662. The lowest BCUT2D eigenvalue weighted by Gasteiger charge is -2.12. The lowest BCUT2D eigenvalue weighted by atomic mass is 10.0. The smallest absolute Gasteiger partial charge is 0.339 e. The van der Waals surface area contributed by atoms with E-state index in [4.69, 9.17) is 4.74 Å². The second-order valence-electron chi connectivity index (χ2n) is 5.75. The van der Waals surface area contributed by atoms with Crippen LogP contribution < -0.4 is 0 Å². The zero-order chi connectivity index (χ0) is 18.9. The molecule has 1 aromatic heterocycles. The number of H-pyrrole nitrogens is 1. The zero-order valence-corrected chi connectivity index (χ0v) is 14.2. The summed E-state index contributed by atoms with van der Waals surface area (Å²) in [6.07, 6.45) is -1.20. The number of hydrogen-bond donors (Lipinski definition) is 1. The van der Waals surface area contributed by atoms with Crippen LogP contribution in [-0.2, 0) is 4.74 Å². The zero-order valence-electron chi connectivity index (χ0n) is 14.2. The van der Waals surface area contributed by atoms with E-state index >= 15 is 0 Å². The molecule has 2 aromatic rings. The molecule has 5 nitrogen and oxygen atoms in total. The van der Waals surface area contributed by atoms with Crippen LogP contribution >= 0.6 is 0 Å². The molecule has 0 saturated heterocycles. The Morgan fingerprint density at radius 3 is 2.12 bits per heavy atom. The van der Waals surface area contributed by atoms with E-state index in [0.29, 0.717) is 22.9 Å². The predicted molar refractivity (Wildman–Crippen MR) is 85.8 cm³/mol. The molecule has 0 bridgehead atoms. The predicted octanol–water partition coefficient (Wildman–Crippen LogP) is 3.54. The van der Waals surface area contributed by atoms with Crippen molar-refractivity contribution < 1.29 is 27.9 Å². The van der Waals surface area contributed by atoms with Crippen molar-refractivity contribution in [1.29, 1.82) is 0 Å². The first-order valence-electron chi connectivity index (χ1n) is 7.53. The molecule has 0 spiro atoms. The van der Waals surface area contributed by atoms with Crippen molar-refractivity contribution in [3.63, 3.8) is 0 Å². The molecular formula is C18H17F2NO4. The number of ketones is 2. The highest BCUT2D eigenvalue weighted by atomic mass is 19.1. The minimum absolute atomic E-state index is 0.161. The maximum absolute atomic E-state index is 13.2. The highest BCUT2D eigenvalue weighted by molar-refractivity contribution is 6.05. The van der Waals surface area contributed by atoms with Crippen LogP contribution in [0.4, 0.5) is 8.78 Å². The number of nitrogens with one attached hydrogen (secondary N) is 1. The third kappa shape index (κ3) is 3.81. The molecular weight excluding hydrogens is 332 g/mol. The van der Waals surface area contributed by atoms with Crippen LogP contribution in [0.15, 0.2) is 18.2 Å². The van der Waals surface area contributed by atoms with E-state index in [2.05, 4.69) is 4.98 Å². The Morgan fingerprint density at radius 2 is 1.64 bits per heavy atom.